The van der Waals surface area contributed by atoms with Crippen LogP contribution in [0.5, 0.6) is 0 Å². The summed E-state index contributed by atoms with van der Waals surface area (Å²) in [5, 5.41) is 4.62. The summed E-state index contributed by atoms with van der Waals surface area (Å²) in [4.78, 5) is 15.9. The van der Waals surface area contributed by atoms with Gasteiger partial charge in [-0.05, 0) is 29.8 Å². The third kappa shape index (κ3) is 3.16. The molecule has 0 radical (unpaired) electrons. The van der Waals surface area contributed by atoms with Crippen molar-refractivity contribution < 1.29 is 0 Å². The van der Waals surface area contributed by atoms with E-state index in [0.29, 0.717) is 0 Å². The first-order valence-electron chi connectivity index (χ1n) is 12.3. The smallest absolute Gasteiger partial charge is 0.0972 e. The Balaban J connectivity index is 1.30. The van der Waals surface area contributed by atoms with Gasteiger partial charge < -0.3 is 0 Å². The Labute approximate surface area is 217 Å². The molecule has 4 heteroatoms. The van der Waals surface area contributed by atoms with Crippen molar-refractivity contribution in [2.45, 2.75) is 0 Å². The van der Waals surface area contributed by atoms with Crippen LogP contribution in [0, 0.1) is 0 Å². The van der Waals surface area contributed by atoms with Gasteiger partial charge in [-0.3, -0.25) is 4.98 Å². The van der Waals surface area contributed by atoms with Gasteiger partial charge in [0.15, 0.2) is 0 Å². The number of fused-ring (bicyclic) bond motifs is 8. The van der Waals surface area contributed by atoms with Crippen molar-refractivity contribution in [2.24, 2.45) is 0 Å². The minimum absolute atomic E-state index is 0.937. The summed E-state index contributed by atoms with van der Waals surface area (Å²) >= 11 is 1.83. The molecule has 4 heterocycles. The van der Waals surface area contributed by atoms with Gasteiger partial charge in [-0.1, -0.05) is 84.9 Å². The zero-order valence-corrected chi connectivity index (χ0v) is 20.5. The third-order valence-corrected chi connectivity index (χ3v) is 8.32. The molecule has 0 N–H and O–H groups in total. The van der Waals surface area contributed by atoms with E-state index < -0.39 is 0 Å². The standard InChI is InChI=1S/C33H19N3S/c1-3-9-27-24(7-1)29-32(36-27)25-8-2-4-10-28(25)37-33(29)23-15-11-20(12-16-23)26-18-17-22-14-13-21-6-5-19-34-30(21)31(22)35-26/h1-19H. The monoisotopic (exact) mass is 489 g/mol. The minimum atomic E-state index is 0.937. The van der Waals surface area contributed by atoms with Crippen molar-refractivity contribution in [3.8, 4) is 33.0 Å². The van der Waals surface area contributed by atoms with E-state index in [1.807, 2.05) is 23.6 Å². The van der Waals surface area contributed by atoms with E-state index in [2.05, 4.69) is 108 Å². The predicted molar refractivity (Wildman–Crippen MR) is 155 cm³/mol. The Kier molecular flexibility index (Phi) is 4.39. The molecule has 0 saturated carbocycles. The van der Waals surface area contributed by atoms with Gasteiger partial charge in [-0.15, -0.1) is 11.3 Å². The first kappa shape index (κ1) is 20.5. The number of hydrogen-bond donors (Lipinski definition) is 0. The molecule has 8 rings (SSSR count). The molecule has 0 unspecified atom stereocenters. The Morgan fingerprint density at radius 3 is 2.16 bits per heavy atom. The molecule has 3 nitrogen and oxygen atoms in total. The number of nitrogens with zero attached hydrogens (tertiary/aromatic N) is 3. The van der Waals surface area contributed by atoms with Crippen LogP contribution in [0.3, 0.4) is 0 Å². The highest BCUT2D eigenvalue weighted by molar-refractivity contribution is 7.22. The lowest BCUT2D eigenvalue weighted by atomic mass is 10.00. The maximum absolute atomic E-state index is 5.04. The van der Waals surface area contributed by atoms with Gasteiger partial charge in [-0.25, -0.2) is 9.97 Å². The first-order chi connectivity index (χ1) is 18.3. The molecule has 172 valence electrons. The zero-order chi connectivity index (χ0) is 24.3. The summed E-state index contributed by atoms with van der Waals surface area (Å²) in [6.07, 6.45) is 1.83. The van der Waals surface area contributed by atoms with Gasteiger partial charge in [-0.2, -0.15) is 0 Å². The molecule has 0 atom stereocenters. The van der Waals surface area contributed by atoms with E-state index in [9.17, 15) is 0 Å². The average Bonchev–Trinajstić information content (AvgIpc) is 3.37. The Morgan fingerprint density at radius 1 is 0.541 bits per heavy atom. The highest BCUT2D eigenvalue weighted by Gasteiger charge is 2.21. The fourth-order valence-corrected chi connectivity index (χ4v) is 6.51. The van der Waals surface area contributed by atoms with Crippen molar-refractivity contribution in [2.75, 3.05) is 0 Å². The normalized spacial score (nSPS) is 11.8. The molecule has 0 spiro atoms. The van der Waals surface area contributed by atoms with E-state index in [0.717, 1.165) is 44.3 Å². The summed E-state index contributed by atoms with van der Waals surface area (Å²) < 4.78 is 1.24. The molecule has 2 aliphatic rings. The number of benzene rings is 4. The molecule has 0 aliphatic carbocycles. The largest absolute Gasteiger partial charge is 0.254 e. The van der Waals surface area contributed by atoms with Crippen molar-refractivity contribution in [1.29, 1.82) is 0 Å². The van der Waals surface area contributed by atoms with Crippen LogP contribution < -0.4 is 0 Å². The molecule has 37 heavy (non-hydrogen) atoms. The molecule has 0 fully saturated rings. The molecule has 0 saturated heterocycles. The first-order valence-corrected chi connectivity index (χ1v) is 13.1. The average molecular weight is 490 g/mol. The fraction of sp³-hybridized carbons (Fsp3) is 0. The fourth-order valence-electron chi connectivity index (χ4n) is 5.30. The van der Waals surface area contributed by atoms with Crippen LogP contribution in [-0.4, -0.2) is 15.0 Å². The Bertz CT molecular complexity index is 2090. The SMILES string of the molecule is c1cnc2c(c1)ccc1ccc(-c3ccc(-c4sc5ccccc5c5nc6ccccc6c4-5)cc3)nc12. The molecule has 2 aromatic heterocycles. The quantitative estimate of drug-likeness (QED) is 0.227. The van der Waals surface area contributed by atoms with E-state index in [1.54, 1.807) is 0 Å². The lowest BCUT2D eigenvalue weighted by Gasteiger charge is -2.12. The topological polar surface area (TPSA) is 38.7 Å². The zero-order valence-electron chi connectivity index (χ0n) is 19.7. The van der Waals surface area contributed by atoms with Crippen molar-refractivity contribution >= 4 is 54.1 Å². The summed E-state index contributed by atoms with van der Waals surface area (Å²) in [6, 6.07) is 38.3. The van der Waals surface area contributed by atoms with Gasteiger partial charge >= 0.3 is 0 Å². The summed E-state index contributed by atoms with van der Waals surface area (Å²) in [6.45, 7) is 0. The van der Waals surface area contributed by atoms with Crippen LogP contribution in [0.25, 0.3) is 75.8 Å². The summed E-state index contributed by atoms with van der Waals surface area (Å²) in [5.41, 5.74) is 8.45. The van der Waals surface area contributed by atoms with Crippen molar-refractivity contribution in [1.82, 2.24) is 15.0 Å². The van der Waals surface area contributed by atoms with Crippen LogP contribution >= 0.6 is 11.3 Å². The molecule has 2 aliphatic heterocycles. The summed E-state index contributed by atoms with van der Waals surface area (Å²) in [7, 11) is 0. The second-order valence-corrected chi connectivity index (χ2v) is 10.3. The highest BCUT2D eigenvalue weighted by atomic mass is 32.1. The number of pyridine rings is 2. The lowest BCUT2D eigenvalue weighted by Crippen LogP contribution is -1.89. The van der Waals surface area contributed by atoms with Gasteiger partial charge in [0.25, 0.3) is 0 Å². The highest BCUT2D eigenvalue weighted by Crippen LogP contribution is 2.47. The van der Waals surface area contributed by atoms with E-state index >= 15 is 0 Å². The van der Waals surface area contributed by atoms with Crippen molar-refractivity contribution in [3.05, 3.63) is 115 Å². The van der Waals surface area contributed by atoms with E-state index in [4.69, 9.17) is 9.97 Å². The predicted octanol–water partition coefficient (Wildman–Crippen LogP) is 8.98. The minimum Gasteiger partial charge on any atom is -0.254 e. The van der Waals surface area contributed by atoms with Crippen molar-refractivity contribution in [3.63, 3.8) is 0 Å². The van der Waals surface area contributed by atoms with Crippen LogP contribution in [-0.2, 0) is 0 Å². The number of hydrogen-bond acceptors (Lipinski definition) is 4. The molecule has 0 amide bonds. The van der Waals surface area contributed by atoms with Crippen LogP contribution in [0.15, 0.2) is 115 Å². The second kappa shape index (κ2) is 7.92. The van der Waals surface area contributed by atoms with Gasteiger partial charge in [0.1, 0.15) is 0 Å². The number of para-hydroxylation sites is 1. The maximum Gasteiger partial charge on any atom is 0.0972 e. The molecular formula is C33H19N3S. The third-order valence-electron chi connectivity index (χ3n) is 7.10. The number of aromatic nitrogens is 3. The van der Waals surface area contributed by atoms with Gasteiger partial charge in [0, 0.05) is 48.4 Å². The molecular weight excluding hydrogens is 470 g/mol. The van der Waals surface area contributed by atoms with Gasteiger partial charge in [0.05, 0.1) is 27.9 Å². The molecule has 0 bridgehead atoms. The van der Waals surface area contributed by atoms with Gasteiger partial charge in [0.2, 0.25) is 0 Å². The molecule has 6 aromatic rings. The lowest BCUT2D eigenvalue weighted by molar-refractivity contribution is 1.37. The Hall–Kier alpha value is -4.67. The van der Waals surface area contributed by atoms with Crippen LogP contribution in [0.4, 0.5) is 0 Å². The van der Waals surface area contributed by atoms with Crippen LogP contribution in [0.1, 0.15) is 0 Å². The maximum atomic E-state index is 5.04. The van der Waals surface area contributed by atoms with Crippen LogP contribution in [0.2, 0.25) is 0 Å². The summed E-state index contributed by atoms with van der Waals surface area (Å²) in [5.74, 6) is 0. The number of rotatable bonds is 2. The second-order valence-electron chi connectivity index (χ2n) is 9.27. The Morgan fingerprint density at radius 2 is 1.27 bits per heavy atom. The van der Waals surface area contributed by atoms with E-state index in [-0.39, 0.29) is 0 Å². The molecule has 4 aromatic carbocycles. The van der Waals surface area contributed by atoms with E-state index in [1.165, 1.54) is 31.5 Å².